The van der Waals surface area contributed by atoms with E-state index in [-0.39, 0.29) is 11.5 Å². The first-order chi connectivity index (χ1) is 7.81. The third-order valence-corrected chi connectivity index (χ3v) is 2.82. The van der Waals surface area contributed by atoms with E-state index in [0.29, 0.717) is 5.56 Å². The molecule has 0 fully saturated rings. The molecule has 0 saturated carbocycles. The Labute approximate surface area is 102 Å². The van der Waals surface area contributed by atoms with E-state index in [4.69, 9.17) is 0 Å². The Balaban J connectivity index is 2.79. The molecule has 1 nitrogen and oxygen atoms in total. The highest BCUT2D eigenvalue weighted by Crippen LogP contribution is 2.27. The predicted octanol–water partition coefficient (Wildman–Crippen LogP) is 4.05. The molecule has 0 aromatic heterocycles. The lowest BCUT2D eigenvalue weighted by molar-refractivity contribution is 0.337. The van der Waals surface area contributed by atoms with Gasteiger partial charge in [0.05, 0.1) is 0 Å². The van der Waals surface area contributed by atoms with E-state index in [1.165, 1.54) is 12.1 Å². The normalized spacial score (nSPS) is 13.8. The summed E-state index contributed by atoms with van der Waals surface area (Å²) in [5.41, 5.74) is 0.898. The molecule has 1 aromatic rings. The van der Waals surface area contributed by atoms with Gasteiger partial charge in [-0.3, -0.25) is 0 Å². The van der Waals surface area contributed by atoms with Crippen LogP contribution in [0.2, 0.25) is 0 Å². The molecule has 0 heterocycles. The van der Waals surface area contributed by atoms with Gasteiger partial charge in [-0.25, -0.2) is 8.78 Å². The van der Waals surface area contributed by atoms with E-state index < -0.39 is 11.6 Å². The molecular formula is C14H21F2N. The average molecular weight is 241 g/mol. The second-order valence-corrected chi connectivity index (χ2v) is 5.64. The molecule has 3 heteroatoms. The summed E-state index contributed by atoms with van der Waals surface area (Å²) in [6, 6.07) is 3.69. The molecule has 17 heavy (non-hydrogen) atoms. The van der Waals surface area contributed by atoms with Crippen LogP contribution in [-0.2, 0) is 0 Å². The Kier molecular flexibility index (Phi) is 4.63. The van der Waals surface area contributed by atoms with Crippen LogP contribution in [-0.4, -0.2) is 7.05 Å². The average Bonchev–Trinajstić information content (AvgIpc) is 2.15. The largest absolute Gasteiger partial charge is 0.313 e. The number of halogens is 2. The Morgan fingerprint density at radius 2 is 1.65 bits per heavy atom. The smallest absolute Gasteiger partial charge is 0.126 e. The molecule has 1 N–H and O–H groups in total. The molecule has 96 valence electrons. The van der Waals surface area contributed by atoms with E-state index in [0.717, 1.165) is 18.9 Å². The second-order valence-electron chi connectivity index (χ2n) is 5.64. The van der Waals surface area contributed by atoms with E-state index >= 15 is 0 Å². The van der Waals surface area contributed by atoms with Crippen molar-refractivity contribution in [3.8, 4) is 0 Å². The maximum Gasteiger partial charge on any atom is 0.126 e. The van der Waals surface area contributed by atoms with Crippen molar-refractivity contribution >= 4 is 0 Å². The second kappa shape index (κ2) is 5.58. The first-order valence-corrected chi connectivity index (χ1v) is 5.95. The quantitative estimate of drug-likeness (QED) is 0.838. The van der Waals surface area contributed by atoms with Crippen LogP contribution in [0.1, 0.15) is 45.2 Å². The molecule has 0 aliphatic carbocycles. The summed E-state index contributed by atoms with van der Waals surface area (Å²) in [5.74, 6) is -1.04. The van der Waals surface area contributed by atoms with Crippen LogP contribution in [0.25, 0.3) is 0 Å². The summed E-state index contributed by atoms with van der Waals surface area (Å²) in [6.45, 7) is 6.48. The molecule has 1 atom stereocenters. The summed E-state index contributed by atoms with van der Waals surface area (Å²) in [6.07, 6.45) is 1.86. The van der Waals surface area contributed by atoms with Gasteiger partial charge in [-0.05, 0) is 43.0 Å². The highest BCUT2D eigenvalue weighted by Gasteiger charge is 2.16. The van der Waals surface area contributed by atoms with Gasteiger partial charge in [-0.1, -0.05) is 20.8 Å². The molecule has 1 unspecified atom stereocenters. The molecule has 0 aliphatic rings. The number of hydrogen-bond donors (Lipinski definition) is 1. The fraction of sp³-hybridized carbons (Fsp3) is 0.571. The van der Waals surface area contributed by atoms with Crippen molar-refractivity contribution in [3.63, 3.8) is 0 Å². The highest BCUT2D eigenvalue weighted by atomic mass is 19.1. The SMILES string of the molecule is CNC(CCC(C)(C)C)c1cc(F)cc(F)c1. The standard InChI is InChI=1S/C14H21F2N/c1-14(2,3)6-5-13(17-4)10-7-11(15)9-12(16)8-10/h7-9,13,17H,5-6H2,1-4H3. The van der Waals surface area contributed by atoms with Gasteiger partial charge in [0, 0.05) is 12.1 Å². The van der Waals surface area contributed by atoms with Gasteiger partial charge < -0.3 is 5.32 Å². The summed E-state index contributed by atoms with van der Waals surface area (Å²) in [5, 5.41) is 3.11. The minimum absolute atomic E-state index is 0.000532. The van der Waals surface area contributed by atoms with Crippen molar-refractivity contribution in [2.24, 2.45) is 5.41 Å². The summed E-state index contributed by atoms with van der Waals surface area (Å²) < 4.78 is 26.3. The molecule has 0 spiro atoms. The van der Waals surface area contributed by atoms with Gasteiger partial charge in [-0.15, -0.1) is 0 Å². The predicted molar refractivity (Wildman–Crippen MR) is 66.8 cm³/mol. The fourth-order valence-electron chi connectivity index (χ4n) is 1.83. The van der Waals surface area contributed by atoms with Crippen molar-refractivity contribution in [2.45, 2.75) is 39.7 Å². The molecule has 1 rings (SSSR count). The van der Waals surface area contributed by atoms with Gasteiger partial charge in [0.2, 0.25) is 0 Å². The fourth-order valence-corrected chi connectivity index (χ4v) is 1.83. The summed E-state index contributed by atoms with van der Waals surface area (Å²) in [7, 11) is 1.82. The van der Waals surface area contributed by atoms with Crippen molar-refractivity contribution in [1.29, 1.82) is 0 Å². The van der Waals surface area contributed by atoms with E-state index in [1.807, 2.05) is 7.05 Å². The summed E-state index contributed by atoms with van der Waals surface area (Å²) >= 11 is 0. The third-order valence-electron chi connectivity index (χ3n) is 2.82. The van der Waals surface area contributed by atoms with Crippen LogP contribution >= 0.6 is 0 Å². The number of hydrogen-bond acceptors (Lipinski definition) is 1. The van der Waals surface area contributed by atoms with Gasteiger partial charge in [-0.2, -0.15) is 0 Å². The van der Waals surface area contributed by atoms with Crippen molar-refractivity contribution in [3.05, 3.63) is 35.4 Å². The minimum Gasteiger partial charge on any atom is -0.313 e. The van der Waals surface area contributed by atoms with Crippen molar-refractivity contribution < 1.29 is 8.78 Å². The molecule has 0 aliphatic heterocycles. The zero-order valence-electron chi connectivity index (χ0n) is 11.0. The monoisotopic (exact) mass is 241 g/mol. The van der Waals surface area contributed by atoms with E-state index in [2.05, 4.69) is 26.1 Å². The number of rotatable bonds is 4. The topological polar surface area (TPSA) is 12.0 Å². The van der Waals surface area contributed by atoms with Crippen LogP contribution in [0.5, 0.6) is 0 Å². The van der Waals surface area contributed by atoms with Gasteiger partial charge in [0.15, 0.2) is 0 Å². The van der Waals surface area contributed by atoms with Crippen molar-refractivity contribution in [1.82, 2.24) is 5.32 Å². The zero-order chi connectivity index (χ0) is 13.1. The van der Waals surface area contributed by atoms with Crippen LogP contribution in [0.3, 0.4) is 0 Å². The maximum absolute atomic E-state index is 13.1. The first-order valence-electron chi connectivity index (χ1n) is 5.95. The van der Waals surface area contributed by atoms with Crippen LogP contribution in [0.15, 0.2) is 18.2 Å². The minimum atomic E-state index is -0.518. The van der Waals surface area contributed by atoms with Crippen LogP contribution < -0.4 is 5.32 Å². The van der Waals surface area contributed by atoms with Gasteiger partial charge in [0.1, 0.15) is 11.6 Å². The molecule has 0 bridgehead atoms. The highest BCUT2D eigenvalue weighted by molar-refractivity contribution is 5.21. The van der Waals surface area contributed by atoms with Crippen molar-refractivity contribution in [2.75, 3.05) is 7.05 Å². The van der Waals surface area contributed by atoms with E-state index in [1.54, 1.807) is 0 Å². The molecule has 0 radical (unpaired) electrons. The third kappa shape index (κ3) is 4.82. The Morgan fingerprint density at radius 3 is 2.06 bits per heavy atom. The maximum atomic E-state index is 13.1. The Morgan fingerprint density at radius 1 is 1.12 bits per heavy atom. The van der Waals surface area contributed by atoms with Crippen LogP contribution in [0, 0.1) is 17.0 Å². The lowest BCUT2D eigenvalue weighted by Crippen LogP contribution is -2.19. The Hall–Kier alpha value is -0.960. The molecule has 1 aromatic carbocycles. The number of nitrogens with one attached hydrogen (secondary N) is 1. The van der Waals surface area contributed by atoms with Gasteiger partial charge in [0.25, 0.3) is 0 Å². The van der Waals surface area contributed by atoms with Crippen LogP contribution in [0.4, 0.5) is 8.78 Å². The molecule has 0 amide bonds. The lowest BCUT2D eigenvalue weighted by Gasteiger charge is -2.23. The van der Waals surface area contributed by atoms with E-state index in [9.17, 15) is 8.78 Å². The van der Waals surface area contributed by atoms with Gasteiger partial charge >= 0.3 is 0 Å². The summed E-state index contributed by atoms with van der Waals surface area (Å²) in [4.78, 5) is 0. The zero-order valence-corrected chi connectivity index (χ0v) is 11.0. The molecule has 0 saturated heterocycles. The first kappa shape index (κ1) is 14.1. The lowest BCUT2D eigenvalue weighted by atomic mass is 9.87. The number of benzene rings is 1. The Bertz CT molecular complexity index is 349. The molecular weight excluding hydrogens is 220 g/mol.